The highest BCUT2D eigenvalue weighted by atomic mass is 14.9. The van der Waals surface area contributed by atoms with Gasteiger partial charge in [-0.2, -0.15) is 0 Å². The maximum Gasteiger partial charge on any atom is 0.0296 e. The standard InChI is InChI=1S/C16H27N/c1-5-9-15(10-6-2)17-14(4)16-12-8-7-11-13(16)3/h7-8,11-12,14-15,17H,5-6,9-10H2,1-4H3/t14-/m0/s1. The smallest absolute Gasteiger partial charge is 0.0296 e. The lowest BCUT2D eigenvalue weighted by Crippen LogP contribution is -2.31. The van der Waals surface area contributed by atoms with Gasteiger partial charge in [0.2, 0.25) is 0 Å². The molecule has 0 aliphatic heterocycles. The Hall–Kier alpha value is -0.820. The molecule has 1 nitrogen and oxygen atoms in total. The summed E-state index contributed by atoms with van der Waals surface area (Å²) in [6.07, 6.45) is 5.09. The molecule has 1 atom stereocenters. The van der Waals surface area contributed by atoms with Gasteiger partial charge >= 0.3 is 0 Å². The van der Waals surface area contributed by atoms with Crippen LogP contribution in [0, 0.1) is 6.92 Å². The van der Waals surface area contributed by atoms with Gasteiger partial charge < -0.3 is 5.32 Å². The molecular formula is C16H27N. The topological polar surface area (TPSA) is 12.0 Å². The van der Waals surface area contributed by atoms with Crippen molar-refractivity contribution in [3.63, 3.8) is 0 Å². The lowest BCUT2D eigenvalue weighted by Gasteiger charge is -2.24. The third-order valence-electron chi connectivity index (χ3n) is 3.41. The molecule has 1 aromatic rings. The average molecular weight is 233 g/mol. The van der Waals surface area contributed by atoms with Crippen molar-refractivity contribution in [3.05, 3.63) is 35.4 Å². The molecule has 0 radical (unpaired) electrons. The Morgan fingerprint density at radius 2 is 1.65 bits per heavy atom. The normalized spacial score (nSPS) is 13.0. The largest absolute Gasteiger partial charge is 0.307 e. The summed E-state index contributed by atoms with van der Waals surface area (Å²) in [7, 11) is 0. The van der Waals surface area contributed by atoms with Gasteiger partial charge in [0.15, 0.2) is 0 Å². The monoisotopic (exact) mass is 233 g/mol. The van der Waals surface area contributed by atoms with Gasteiger partial charge in [-0.1, -0.05) is 51.0 Å². The molecular weight excluding hydrogens is 206 g/mol. The van der Waals surface area contributed by atoms with Gasteiger partial charge in [-0.15, -0.1) is 0 Å². The first-order valence-electron chi connectivity index (χ1n) is 7.00. The van der Waals surface area contributed by atoms with Crippen LogP contribution in [0.3, 0.4) is 0 Å². The number of rotatable bonds is 7. The van der Waals surface area contributed by atoms with Crippen molar-refractivity contribution in [3.8, 4) is 0 Å². The molecule has 0 spiro atoms. The quantitative estimate of drug-likeness (QED) is 0.725. The highest BCUT2D eigenvalue weighted by Crippen LogP contribution is 2.19. The lowest BCUT2D eigenvalue weighted by atomic mass is 9.99. The number of nitrogens with one attached hydrogen (secondary N) is 1. The Bertz CT molecular complexity index is 313. The summed E-state index contributed by atoms with van der Waals surface area (Å²) in [5.41, 5.74) is 2.82. The molecule has 17 heavy (non-hydrogen) atoms. The summed E-state index contributed by atoms with van der Waals surface area (Å²) in [5.74, 6) is 0. The minimum Gasteiger partial charge on any atom is -0.307 e. The van der Waals surface area contributed by atoms with E-state index in [1.54, 1.807) is 0 Å². The molecule has 1 rings (SSSR count). The molecule has 0 aromatic heterocycles. The molecule has 96 valence electrons. The van der Waals surface area contributed by atoms with Gasteiger partial charge in [-0.25, -0.2) is 0 Å². The third-order valence-corrected chi connectivity index (χ3v) is 3.41. The van der Waals surface area contributed by atoms with E-state index in [1.807, 2.05) is 0 Å². The summed E-state index contributed by atoms with van der Waals surface area (Å²) in [4.78, 5) is 0. The van der Waals surface area contributed by atoms with E-state index in [-0.39, 0.29) is 0 Å². The van der Waals surface area contributed by atoms with Crippen LogP contribution in [0.2, 0.25) is 0 Å². The second kappa shape index (κ2) is 7.50. The van der Waals surface area contributed by atoms with E-state index >= 15 is 0 Å². The maximum atomic E-state index is 3.78. The molecule has 1 aromatic carbocycles. The Kier molecular flexibility index (Phi) is 6.28. The van der Waals surface area contributed by atoms with Crippen LogP contribution >= 0.6 is 0 Å². The van der Waals surface area contributed by atoms with E-state index in [4.69, 9.17) is 0 Å². The van der Waals surface area contributed by atoms with Crippen LogP contribution in [0.25, 0.3) is 0 Å². The Labute approximate surface area is 107 Å². The van der Waals surface area contributed by atoms with Crippen molar-refractivity contribution in [1.82, 2.24) is 5.32 Å². The van der Waals surface area contributed by atoms with Crippen LogP contribution in [0.5, 0.6) is 0 Å². The number of hydrogen-bond acceptors (Lipinski definition) is 1. The van der Waals surface area contributed by atoms with Crippen molar-refractivity contribution in [2.24, 2.45) is 0 Å². The second-order valence-electron chi connectivity index (χ2n) is 5.02. The molecule has 1 heteroatoms. The summed E-state index contributed by atoms with van der Waals surface area (Å²) in [5, 5.41) is 3.78. The fourth-order valence-electron chi connectivity index (χ4n) is 2.52. The molecule has 0 unspecified atom stereocenters. The molecule has 0 saturated carbocycles. The van der Waals surface area contributed by atoms with Crippen molar-refractivity contribution in [2.75, 3.05) is 0 Å². The van der Waals surface area contributed by atoms with Crippen LogP contribution < -0.4 is 5.32 Å². The van der Waals surface area contributed by atoms with Crippen LogP contribution in [0.4, 0.5) is 0 Å². The van der Waals surface area contributed by atoms with E-state index in [2.05, 4.69) is 57.3 Å². The number of hydrogen-bond donors (Lipinski definition) is 1. The highest BCUT2D eigenvalue weighted by Gasteiger charge is 2.13. The molecule has 0 saturated heterocycles. The molecule has 0 amide bonds. The molecule has 0 aliphatic carbocycles. The SMILES string of the molecule is CCCC(CCC)N[C@@H](C)c1ccccc1C. The molecule has 1 N–H and O–H groups in total. The maximum absolute atomic E-state index is 3.78. The Morgan fingerprint density at radius 3 is 2.18 bits per heavy atom. The van der Waals surface area contributed by atoms with E-state index in [0.29, 0.717) is 12.1 Å². The van der Waals surface area contributed by atoms with Crippen LogP contribution in [-0.4, -0.2) is 6.04 Å². The zero-order chi connectivity index (χ0) is 12.7. The van der Waals surface area contributed by atoms with Crippen molar-refractivity contribution in [2.45, 2.75) is 65.5 Å². The first kappa shape index (κ1) is 14.2. The van der Waals surface area contributed by atoms with Crippen LogP contribution in [-0.2, 0) is 0 Å². The van der Waals surface area contributed by atoms with Crippen molar-refractivity contribution >= 4 is 0 Å². The second-order valence-corrected chi connectivity index (χ2v) is 5.02. The highest BCUT2D eigenvalue weighted by molar-refractivity contribution is 5.28. The Balaban J connectivity index is 2.63. The predicted molar refractivity (Wildman–Crippen MR) is 76.3 cm³/mol. The van der Waals surface area contributed by atoms with Crippen LogP contribution in [0.1, 0.15) is 63.6 Å². The van der Waals surface area contributed by atoms with E-state index in [9.17, 15) is 0 Å². The van der Waals surface area contributed by atoms with Gasteiger partial charge in [0, 0.05) is 12.1 Å². The predicted octanol–water partition coefficient (Wildman–Crippen LogP) is 4.61. The van der Waals surface area contributed by atoms with Gasteiger partial charge in [-0.3, -0.25) is 0 Å². The Morgan fingerprint density at radius 1 is 1.06 bits per heavy atom. The van der Waals surface area contributed by atoms with E-state index in [1.165, 1.54) is 36.8 Å². The zero-order valence-corrected chi connectivity index (χ0v) is 11.8. The molecule has 0 bridgehead atoms. The van der Waals surface area contributed by atoms with Crippen molar-refractivity contribution in [1.29, 1.82) is 0 Å². The minimum atomic E-state index is 0.458. The van der Waals surface area contributed by atoms with Crippen molar-refractivity contribution < 1.29 is 0 Å². The zero-order valence-electron chi connectivity index (χ0n) is 11.8. The first-order valence-corrected chi connectivity index (χ1v) is 7.00. The average Bonchev–Trinajstić information content (AvgIpc) is 2.30. The lowest BCUT2D eigenvalue weighted by molar-refractivity contribution is 0.402. The van der Waals surface area contributed by atoms with Gasteiger partial charge in [0.25, 0.3) is 0 Å². The van der Waals surface area contributed by atoms with E-state index in [0.717, 1.165) is 0 Å². The summed E-state index contributed by atoms with van der Waals surface area (Å²) in [6, 6.07) is 9.80. The summed E-state index contributed by atoms with van der Waals surface area (Å²) >= 11 is 0. The summed E-state index contributed by atoms with van der Waals surface area (Å²) < 4.78 is 0. The number of benzene rings is 1. The molecule has 0 heterocycles. The number of aryl methyl sites for hydroxylation is 1. The molecule has 0 aliphatic rings. The van der Waals surface area contributed by atoms with Crippen LogP contribution in [0.15, 0.2) is 24.3 Å². The minimum absolute atomic E-state index is 0.458. The fraction of sp³-hybridized carbons (Fsp3) is 0.625. The van der Waals surface area contributed by atoms with Gasteiger partial charge in [-0.05, 0) is 37.8 Å². The first-order chi connectivity index (χ1) is 8.19. The van der Waals surface area contributed by atoms with Gasteiger partial charge in [0.1, 0.15) is 0 Å². The third kappa shape index (κ3) is 4.51. The fourth-order valence-corrected chi connectivity index (χ4v) is 2.52. The van der Waals surface area contributed by atoms with Gasteiger partial charge in [0.05, 0.1) is 0 Å². The molecule has 0 fully saturated rings. The summed E-state index contributed by atoms with van der Waals surface area (Å²) in [6.45, 7) is 9.01. The van der Waals surface area contributed by atoms with E-state index < -0.39 is 0 Å².